The van der Waals surface area contributed by atoms with E-state index in [-0.39, 0.29) is 5.91 Å². The number of amides is 1. The van der Waals surface area contributed by atoms with Crippen LogP contribution in [0.5, 0.6) is 0 Å². The molecule has 3 N–H and O–H groups in total. The van der Waals surface area contributed by atoms with Crippen molar-refractivity contribution in [3.8, 4) is 0 Å². The first kappa shape index (κ1) is 15.8. The van der Waals surface area contributed by atoms with Crippen molar-refractivity contribution in [1.82, 2.24) is 20.2 Å². The number of carbonyl (C=O) groups is 1. The smallest absolute Gasteiger partial charge is 0.222 e. The van der Waals surface area contributed by atoms with E-state index < -0.39 is 5.60 Å². The molecule has 0 aromatic carbocycles. The topological polar surface area (TPSA) is 93.4 Å². The number of nitrogens with one attached hydrogen (secondary N) is 1. The van der Waals surface area contributed by atoms with Crippen LogP contribution in [0.2, 0.25) is 0 Å². The third-order valence-corrected chi connectivity index (χ3v) is 5.61. The van der Waals surface area contributed by atoms with E-state index in [1.54, 1.807) is 0 Å². The normalized spacial score (nSPS) is 25.7. The van der Waals surface area contributed by atoms with Crippen LogP contribution < -0.4 is 11.1 Å². The monoisotopic (exact) mass is 331 g/mol. The largest absolute Gasteiger partial charge is 0.368 e. The van der Waals surface area contributed by atoms with Crippen LogP contribution in [0, 0.1) is 5.92 Å². The van der Waals surface area contributed by atoms with Gasteiger partial charge in [0.2, 0.25) is 11.9 Å². The molecule has 0 radical (unpaired) electrons. The summed E-state index contributed by atoms with van der Waals surface area (Å²) >= 11 is 0. The number of hydrogen-bond donors (Lipinski definition) is 2. The van der Waals surface area contributed by atoms with Gasteiger partial charge in [-0.05, 0) is 50.3 Å². The summed E-state index contributed by atoms with van der Waals surface area (Å²) in [7, 11) is 0. The van der Waals surface area contributed by atoms with E-state index in [1.165, 1.54) is 0 Å². The predicted molar refractivity (Wildman–Crippen MR) is 89.2 cm³/mol. The second-order valence-electron chi connectivity index (χ2n) is 7.14. The van der Waals surface area contributed by atoms with Gasteiger partial charge in [0, 0.05) is 25.7 Å². The highest BCUT2D eigenvalue weighted by molar-refractivity contribution is 5.76. The quantitative estimate of drug-likeness (QED) is 0.817. The molecule has 0 bridgehead atoms. The van der Waals surface area contributed by atoms with Gasteiger partial charge in [-0.3, -0.25) is 4.79 Å². The fourth-order valence-electron chi connectivity index (χ4n) is 4.19. The van der Waals surface area contributed by atoms with E-state index >= 15 is 0 Å². The number of nitrogen functional groups attached to an aromatic ring is 1. The molecule has 4 rings (SSSR count). The van der Waals surface area contributed by atoms with Crippen molar-refractivity contribution in [1.29, 1.82) is 0 Å². The van der Waals surface area contributed by atoms with Crippen molar-refractivity contribution in [2.75, 3.05) is 38.5 Å². The fourth-order valence-corrected chi connectivity index (χ4v) is 4.19. The minimum absolute atomic E-state index is 0.275. The van der Waals surface area contributed by atoms with E-state index in [1.807, 2.05) is 11.1 Å². The molecular weight excluding hydrogens is 306 g/mol. The van der Waals surface area contributed by atoms with Gasteiger partial charge in [-0.2, -0.15) is 0 Å². The highest BCUT2D eigenvalue weighted by Gasteiger charge is 2.43. The third kappa shape index (κ3) is 2.86. The molecule has 1 aromatic heterocycles. The molecule has 4 heterocycles. The van der Waals surface area contributed by atoms with Gasteiger partial charge in [-0.25, -0.2) is 9.97 Å². The third-order valence-electron chi connectivity index (χ3n) is 5.61. The number of rotatable bonds is 2. The molecule has 130 valence electrons. The van der Waals surface area contributed by atoms with Crippen LogP contribution in [0.1, 0.15) is 36.9 Å². The summed E-state index contributed by atoms with van der Waals surface area (Å²) in [6, 6.07) is 0. The summed E-state index contributed by atoms with van der Waals surface area (Å²) < 4.78 is 6.16. The summed E-state index contributed by atoms with van der Waals surface area (Å²) in [6.07, 6.45) is 5.99. The minimum Gasteiger partial charge on any atom is -0.368 e. The number of ether oxygens (including phenoxy) is 1. The molecule has 1 spiro atoms. The minimum atomic E-state index is -0.393. The lowest BCUT2D eigenvalue weighted by Gasteiger charge is -2.44. The van der Waals surface area contributed by atoms with Crippen LogP contribution >= 0.6 is 0 Å². The predicted octanol–water partition coefficient (Wildman–Crippen LogP) is 0.449. The molecule has 7 nitrogen and oxygen atoms in total. The Hall–Kier alpha value is -1.73. The molecule has 3 aliphatic rings. The molecular formula is C17H25N5O2. The van der Waals surface area contributed by atoms with Gasteiger partial charge in [0.05, 0.1) is 12.3 Å². The van der Waals surface area contributed by atoms with Crippen molar-refractivity contribution in [2.45, 2.75) is 37.7 Å². The summed E-state index contributed by atoms with van der Waals surface area (Å²) in [5, 5.41) is 3.33. The second-order valence-corrected chi connectivity index (χ2v) is 7.14. The molecule has 1 aromatic rings. The van der Waals surface area contributed by atoms with E-state index in [0.717, 1.165) is 63.1 Å². The second kappa shape index (κ2) is 6.29. The summed E-state index contributed by atoms with van der Waals surface area (Å²) in [5.41, 5.74) is 7.47. The van der Waals surface area contributed by atoms with Crippen molar-refractivity contribution in [3.63, 3.8) is 0 Å². The zero-order valence-corrected chi connectivity index (χ0v) is 14.0. The zero-order chi connectivity index (χ0) is 16.6. The first-order valence-electron chi connectivity index (χ1n) is 8.91. The number of carbonyl (C=O) groups excluding carboxylic acids is 1. The molecule has 0 aliphatic carbocycles. The number of aromatic nitrogens is 2. The first-order valence-corrected chi connectivity index (χ1v) is 8.91. The van der Waals surface area contributed by atoms with Gasteiger partial charge in [0.25, 0.3) is 0 Å². The standard InChI is InChI=1S/C17H25N5O2/c18-16-20-11-13-2-8-24-17(15(13)21-16)3-6-22(7-4-17)14(23)9-12-1-5-19-10-12/h11-12,19H,1-10H2,(H2,18,20,21). The van der Waals surface area contributed by atoms with E-state index in [9.17, 15) is 4.79 Å². The van der Waals surface area contributed by atoms with Crippen molar-refractivity contribution >= 4 is 11.9 Å². The molecule has 1 unspecified atom stereocenters. The lowest BCUT2D eigenvalue weighted by molar-refractivity contribution is -0.142. The molecule has 7 heteroatoms. The lowest BCUT2D eigenvalue weighted by Crippen LogP contribution is -2.49. The van der Waals surface area contributed by atoms with Crippen molar-refractivity contribution in [3.05, 3.63) is 17.5 Å². The van der Waals surface area contributed by atoms with E-state index in [4.69, 9.17) is 10.5 Å². The number of likely N-dealkylation sites (tertiary alicyclic amines) is 1. The van der Waals surface area contributed by atoms with E-state index in [2.05, 4.69) is 15.3 Å². The number of piperidine rings is 1. The maximum atomic E-state index is 12.5. The first-order chi connectivity index (χ1) is 11.7. The van der Waals surface area contributed by atoms with Crippen LogP contribution in [-0.4, -0.2) is 53.6 Å². The molecule has 24 heavy (non-hydrogen) atoms. The van der Waals surface area contributed by atoms with Gasteiger partial charge in [0.1, 0.15) is 5.60 Å². The van der Waals surface area contributed by atoms with Crippen molar-refractivity contribution < 1.29 is 9.53 Å². The maximum absolute atomic E-state index is 12.5. The molecule has 2 saturated heterocycles. The maximum Gasteiger partial charge on any atom is 0.222 e. The number of anilines is 1. The summed E-state index contributed by atoms with van der Waals surface area (Å²) in [4.78, 5) is 23.1. The highest BCUT2D eigenvalue weighted by Crippen LogP contribution is 2.40. The Labute approximate surface area is 142 Å². The van der Waals surface area contributed by atoms with Crippen LogP contribution in [0.15, 0.2) is 6.20 Å². The number of fused-ring (bicyclic) bond motifs is 2. The Morgan fingerprint density at radius 1 is 1.46 bits per heavy atom. The Balaban J connectivity index is 1.44. The average Bonchev–Trinajstić information content (AvgIpc) is 3.09. The molecule has 1 amide bonds. The van der Waals surface area contributed by atoms with Gasteiger partial charge in [0.15, 0.2) is 0 Å². The van der Waals surface area contributed by atoms with Crippen LogP contribution in [-0.2, 0) is 21.6 Å². The molecule has 1 atom stereocenters. The Bertz CT molecular complexity index is 621. The average molecular weight is 331 g/mol. The van der Waals surface area contributed by atoms with Gasteiger partial charge >= 0.3 is 0 Å². The lowest BCUT2D eigenvalue weighted by atomic mass is 9.83. The van der Waals surface area contributed by atoms with Gasteiger partial charge in [-0.15, -0.1) is 0 Å². The number of nitrogens with zero attached hydrogens (tertiary/aromatic N) is 3. The summed E-state index contributed by atoms with van der Waals surface area (Å²) in [5.74, 6) is 1.07. The molecule has 0 saturated carbocycles. The van der Waals surface area contributed by atoms with Crippen LogP contribution in [0.25, 0.3) is 0 Å². The van der Waals surface area contributed by atoms with Gasteiger partial charge in [-0.1, -0.05) is 0 Å². The number of nitrogens with two attached hydrogens (primary N) is 1. The van der Waals surface area contributed by atoms with E-state index in [0.29, 0.717) is 24.9 Å². The Morgan fingerprint density at radius 3 is 3.04 bits per heavy atom. The zero-order valence-electron chi connectivity index (χ0n) is 14.0. The Kier molecular flexibility index (Phi) is 4.14. The number of hydrogen-bond acceptors (Lipinski definition) is 6. The van der Waals surface area contributed by atoms with Crippen molar-refractivity contribution in [2.24, 2.45) is 5.92 Å². The fraction of sp³-hybridized carbons (Fsp3) is 0.706. The highest BCUT2D eigenvalue weighted by atomic mass is 16.5. The molecule has 3 aliphatic heterocycles. The molecule has 2 fully saturated rings. The Morgan fingerprint density at radius 2 is 2.29 bits per heavy atom. The van der Waals surface area contributed by atoms with Crippen LogP contribution in [0.4, 0.5) is 5.95 Å². The van der Waals surface area contributed by atoms with Gasteiger partial charge < -0.3 is 20.7 Å². The summed E-state index contributed by atoms with van der Waals surface area (Å²) in [6.45, 7) is 4.13. The van der Waals surface area contributed by atoms with Crippen LogP contribution in [0.3, 0.4) is 0 Å². The SMILES string of the molecule is Nc1ncc2c(n1)C1(CCN(C(=O)CC3CCNC3)CC1)OCC2.